The van der Waals surface area contributed by atoms with E-state index in [0.29, 0.717) is 23.5 Å². The van der Waals surface area contributed by atoms with E-state index in [-0.39, 0.29) is 42.1 Å². The summed E-state index contributed by atoms with van der Waals surface area (Å²) < 4.78 is 7.98. The zero-order valence-corrected chi connectivity index (χ0v) is 22.0. The van der Waals surface area contributed by atoms with Crippen molar-refractivity contribution in [2.45, 2.75) is 60.1 Å². The number of Topliss-reactive ketones (excluding diaryl/α,β-unsaturated/α-hetero) is 1. The molecule has 0 aliphatic rings. The monoisotopic (exact) mass is 499 g/mol. The highest BCUT2D eigenvalue weighted by atomic mass is 16.5. The third kappa shape index (κ3) is 6.58. The summed E-state index contributed by atoms with van der Waals surface area (Å²) in [5.74, 6) is 0.447. The standard InChI is InChI=1S/C29H33N5O3/c1-19(2)34-18-30-25-26(34)32-28(31-24(36)16-20-9-7-6-8-10-20)33-27(25)37-17-22-13-11-21(12-14-22)15-23(35)29(3,4)5/h6-14,18-19H,15-17H2,1-5H3,(H,31,32,33,36). The molecule has 37 heavy (non-hydrogen) atoms. The Bertz CT molecular complexity index is 1390. The van der Waals surface area contributed by atoms with Crippen LogP contribution in [-0.2, 0) is 29.0 Å². The summed E-state index contributed by atoms with van der Waals surface area (Å²) in [4.78, 5) is 38.5. The summed E-state index contributed by atoms with van der Waals surface area (Å²) in [5, 5.41) is 2.80. The van der Waals surface area contributed by atoms with E-state index in [9.17, 15) is 9.59 Å². The summed E-state index contributed by atoms with van der Waals surface area (Å²) in [6.07, 6.45) is 2.31. The van der Waals surface area contributed by atoms with Gasteiger partial charge in [-0.25, -0.2) is 4.98 Å². The smallest absolute Gasteiger partial charge is 0.247 e. The van der Waals surface area contributed by atoms with Crippen LogP contribution in [0.15, 0.2) is 60.9 Å². The second-order valence-corrected chi connectivity index (χ2v) is 10.4. The topological polar surface area (TPSA) is 99.0 Å². The molecule has 1 N–H and O–H groups in total. The van der Waals surface area contributed by atoms with Crippen LogP contribution in [0.4, 0.5) is 5.95 Å². The molecule has 0 spiro atoms. The van der Waals surface area contributed by atoms with Gasteiger partial charge >= 0.3 is 0 Å². The van der Waals surface area contributed by atoms with E-state index in [1.54, 1.807) is 6.33 Å². The number of nitrogens with zero attached hydrogens (tertiary/aromatic N) is 4. The lowest BCUT2D eigenvalue weighted by molar-refractivity contribution is -0.125. The molecule has 1 amide bonds. The average Bonchev–Trinajstić information content (AvgIpc) is 3.28. The highest BCUT2D eigenvalue weighted by Crippen LogP contribution is 2.26. The summed E-state index contributed by atoms with van der Waals surface area (Å²) >= 11 is 0. The number of imidazole rings is 1. The van der Waals surface area contributed by atoms with Crippen LogP contribution in [0.1, 0.15) is 57.4 Å². The van der Waals surface area contributed by atoms with Crippen LogP contribution < -0.4 is 10.1 Å². The van der Waals surface area contributed by atoms with Gasteiger partial charge in [0.1, 0.15) is 12.4 Å². The minimum absolute atomic E-state index is 0.115. The Kier molecular flexibility index (Phi) is 7.66. The van der Waals surface area contributed by atoms with Crippen molar-refractivity contribution in [2.75, 3.05) is 5.32 Å². The number of carbonyl (C=O) groups excluding carboxylic acids is 2. The van der Waals surface area contributed by atoms with Crippen molar-refractivity contribution in [3.63, 3.8) is 0 Å². The third-order valence-electron chi connectivity index (χ3n) is 6.00. The largest absolute Gasteiger partial charge is 0.471 e. The fraction of sp³-hybridized carbons (Fsp3) is 0.345. The normalized spacial score (nSPS) is 11.6. The van der Waals surface area contributed by atoms with E-state index in [1.165, 1.54) is 0 Å². The number of rotatable bonds is 9. The quantitative estimate of drug-likeness (QED) is 0.334. The molecule has 4 rings (SSSR count). The minimum atomic E-state index is -0.367. The fourth-order valence-corrected chi connectivity index (χ4v) is 3.73. The zero-order valence-electron chi connectivity index (χ0n) is 22.0. The lowest BCUT2D eigenvalue weighted by Gasteiger charge is -2.16. The summed E-state index contributed by atoms with van der Waals surface area (Å²) in [7, 11) is 0. The molecular formula is C29H33N5O3. The molecule has 0 unspecified atom stereocenters. The first-order valence-electron chi connectivity index (χ1n) is 12.4. The first kappa shape index (κ1) is 26.0. The SMILES string of the molecule is CC(C)n1cnc2c(OCc3ccc(CC(=O)C(C)(C)C)cc3)nc(NC(=O)Cc3ccccc3)nc21. The van der Waals surface area contributed by atoms with Crippen molar-refractivity contribution >= 4 is 28.8 Å². The lowest BCUT2D eigenvalue weighted by Crippen LogP contribution is -2.22. The van der Waals surface area contributed by atoms with Crippen molar-refractivity contribution in [3.05, 3.63) is 77.6 Å². The molecule has 0 radical (unpaired) electrons. The Morgan fingerprint density at radius 2 is 1.57 bits per heavy atom. The average molecular weight is 500 g/mol. The molecule has 8 nitrogen and oxygen atoms in total. The predicted molar refractivity (Wildman–Crippen MR) is 143 cm³/mol. The number of hydrogen-bond donors (Lipinski definition) is 1. The Morgan fingerprint density at radius 3 is 2.22 bits per heavy atom. The minimum Gasteiger partial charge on any atom is -0.471 e. The van der Waals surface area contributed by atoms with Crippen LogP contribution >= 0.6 is 0 Å². The summed E-state index contributed by atoms with van der Waals surface area (Å²) in [6, 6.07) is 17.4. The Balaban J connectivity index is 1.52. The molecule has 8 heteroatoms. The van der Waals surface area contributed by atoms with Gasteiger partial charge in [-0.15, -0.1) is 0 Å². The molecule has 4 aromatic rings. The highest BCUT2D eigenvalue weighted by Gasteiger charge is 2.21. The molecule has 0 fully saturated rings. The molecule has 0 saturated carbocycles. The van der Waals surface area contributed by atoms with Gasteiger partial charge in [-0.2, -0.15) is 9.97 Å². The first-order chi connectivity index (χ1) is 17.6. The summed E-state index contributed by atoms with van der Waals surface area (Å²) in [6.45, 7) is 10.1. The van der Waals surface area contributed by atoms with Crippen LogP contribution in [0.2, 0.25) is 0 Å². The third-order valence-corrected chi connectivity index (χ3v) is 6.00. The molecule has 0 atom stereocenters. The molecule has 0 saturated heterocycles. The zero-order chi connectivity index (χ0) is 26.6. The maximum atomic E-state index is 12.7. The number of carbonyl (C=O) groups is 2. The van der Waals surface area contributed by atoms with Crippen LogP contribution in [-0.4, -0.2) is 31.2 Å². The molecule has 192 valence electrons. The number of fused-ring (bicyclic) bond motifs is 1. The first-order valence-corrected chi connectivity index (χ1v) is 12.4. The second kappa shape index (κ2) is 10.9. The number of amides is 1. The van der Waals surface area contributed by atoms with Crippen molar-refractivity contribution in [1.82, 2.24) is 19.5 Å². The van der Waals surface area contributed by atoms with Gasteiger partial charge in [0, 0.05) is 17.9 Å². The van der Waals surface area contributed by atoms with Gasteiger partial charge in [-0.05, 0) is 30.5 Å². The Hall–Kier alpha value is -4.07. The van der Waals surface area contributed by atoms with E-state index >= 15 is 0 Å². The number of aromatic nitrogens is 4. The molecule has 2 aromatic carbocycles. The van der Waals surface area contributed by atoms with Crippen molar-refractivity contribution in [3.8, 4) is 5.88 Å². The van der Waals surface area contributed by atoms with Gasteiger partial charge in [-0.1, -0.05) is 75.4 Å². The molecule has 0 bridgehead atoms. The number of hydrogen-bond acceptors (Lipinski definition) is 6. The van der Waals surface area contributed by atoms with Crippen molar-refractivity contribution in [2.24, 2.45) is 5.41 Å². The van der Waals surface area contributed by atoms with Crippen LogP contribution in [0.25, 0.3) is 11.2 Å². The van der Waals surface area contributed by atoms with Gasteiger partial charge < -0.3 is 9.30 Å². The summed E-state index contributed by atoms with van der Waals surface area (Å²) in [5.41, 5.74) is 3.54. The van der Waals surface area contributed by atoms with Crippen LogP contribution in [0, 0.1) is 5.41 Å². The molecular weight excluding hydrogens is 466 g/mol. The number of nitrogens with one attached hydrogen (secondary N) is 1. The van der Waals surface area contributed by atoms with Gasteiger partial charge in [0.15, 0.2) is 11.2 Å². The molecule has 0 aliphatic carbocycles. The van der Waals surface area contributed by atoms with Crippen LogP contribution in [0.3, 0.4) is 0 Å². The van der Waals surface area contributed by atoms with E-state index in [0.717, 1.165) is 16.7 Å². The maximum absolute atomic E-state index is 12.7. The highest BCUT2D eigenvalue weighted by molar-refractivity contribution is 5.91. The van der Waals surface area contributed by atoms with Crippen molar-refractivity contribution in [1.29, 1.82) is 0 Å². The van der Waals surface area contributed by atoms with Gasteiger partial charge in [0.25, 0.3) is 0 Å². The Morgan fingerprint density at radius 1 is 0.919 bits per heavy atom. The number of ketones is 1. The molecule has 2 heterocycles. The van der Waals surface area contributed by atoms with Gasteiger partial charge in [0.05, 0.1) is 12.7 Å². The van der Waals surface area contributed by atoms with E-state index < -0.39 is 0 Å². The maximum Gasteiger partial charge on any atom is 0.247 e. The second-order valence-electron chi connectivity index (χ2n) is 10.4. The lowest BCUT2D eigenvalue weighted by atomic mass is 9.87. The van der Waals surface area contributed by atoms with E-state index in [4.69, 9.17) is 4.74 Å². The van der Waals surface area contributed by atoms with Crippen LogP contribution in [0.5, 0.6) is 5.88 Å². The van der Waals surface area contributed by atoms with Gasteiger partial charge in [-0.3, -0.25) is 14.9 Å². The van der Waals surface area contributed by atoms with Crippen molar-refractivity contribution < 1.29 is 14.3 Å². The predicted octanol–water partition coefficient (Wildman–Crippen LogP) is 5.33. The number of anilines is 1. The van der Waals surface area contributed by atoms with Gasteiger partial charge in [0.2, 0.25) is 17.7 Å². The number of benzene rings is 2. The number of ether oxygens (including phenoxy) is 1. The Labute approximate surface area is 217 Å². The van der Waals surface area contributed by atoms with E-state index in [1.807, 2.05) is 93.8 Å². The molecule has 2 aromatic heterocycles. The van der Waals surface area contributed by atoms with E-state index in [2.05, 4.69) is 20.3 Å². The molecule has 0 aliphatic heterocycles. The fourth-order valence-electron chi connectivity index (χ4n) is 3.73.